The van der Waals surface area contributed by atoms with Crippen LogP contribution in [0.25, 0.3) is 22.2 Å². The molecule has 1 aliphatic carbocycles. The molecule has 0 spiro atoms. The minimum atomic E-state index is -0.0451. The lowest BCUT2D eigenvalue weighted by Crippen LogP contribution is -2.35. The van der Waals surface area contributed by atoms with Gasteiger partial charge in [0.15, 0.2) is 6.04 Å². The molecular weight excluding hydrogens is 378 g/mol. The quantitative estimate of drug-likeness (QED) is 0.496. The van der Waals surface area contributed by atoms with Gasteiger partial charge >= 0.3 is 5.96 Å². The van der Waals surface area contributed by atoms with Crippen molar-refractivity contribution in [1.29, 1.82) is 0 Å². The van der Waals surface area contributed by atoms with Gasteiger partial charge in [-0.1, -0.05) is 36.2 Å². The highest BCUT2D eigenvalue weighted by molar-refractivity contribution is 5.87. The van der Waals surface area contributed by atoms with E-state index >= 15 is 0 Å². The maximum Gasteiger partial charge on any atom is 0.341 e. The SMILES string of the molecule is NC(N)=[N+]1CCC[C@H]1c1nc(-c2ccc3cc(OCC4CCCC4)ccc3c2)no1. The molecule has 1 aromatic heterocycles. The van der Waals surface area contributed by atoms with E-state index in [0.29, 0.717) is 23.6 Å². The Hall–Kier alpha value is -3.09. The fraction of sp³-hybridized carbons (Fsp3) is 0.435. The van der Waals surface area contributed by atoms with E-state index in [1.807, 2.05) is 16.7 Å². The van der Waals surface area contributed by atoms with E-state index < -0.39 is 0 Å². The number of guanidine groups is 1. The molecule has 1 atom stereocenters. The van der Waals surface area contributed by atoms with Crippen LogP contribution in [0.1, 0.15) is 50.5 Å². The van der Waals surface area contributed by atoms with Gasteiger partial charge in [-0.05, 0) is 60.6 Å². The zero-order chi connectivity index (χ0) is 20.5. The number of hydrogen-bond acceptors (Lipinski definition) is 4. The fourth-order valence-corrected chi connectivity index (χ4v) is 4.66. The summed E-state index contributed by atoms with van der Waals surface area (Å²) < 4.78 is 13.5. The van der Waals surface area contributed by atoms with Gasteiger partial charge in [0.2, 0.25) is 5.82 Å². The summed E-state index contributed by atoms with van der Waals surface area (Å²) >= 11 is 0. The molecule has 2 aromatic carbocycles. The van der Waals surface area contributed by atoms with E-state index in [1.165, 1.54) is 25.7 Å². The first kappa shape index (κ1) is 18.9. The summed E-state index contributed by atoms with van der Waals surface area (Å²) in [6.45, 7) is 1.63. The molecule has 1 aliphatic heterocycles. The topological polar surface area (TPSA) is 103 Å². The third-order valence-corrected chi connectivity index (χ3v) is 6.34. The third kappa shape index (κ3) is 3.72. The zero-order valence-electron chi connectivity index (χ0n) is 17.1. The number of rotatable bonds is 5. The molecule has 7 heteroatoms. The lowest BCUT2D eigenvalue weighted by atomic mass is 10.1. The predicted molar refractivity (Wildman–Crippen MR) is 115 cm³/mol. The molecule has 4 N–H and O–H groups in total. The Morgan fingerprint density at radius 2 is 1.83 bits per heavy atom. The Morgan fingerprint density at radius 1 is 1.03 bits per heavy atom. The molecule has 5 rings (SSSR count). The highest BCUT2D eigenvalue weighted by Gasteiger charge is 2.31. The highest BCUT2D eigenvalue weighted by Crippen LogP contribution is 2.31. The number of nitrogens with two attached hydrogens (primary N) is 2. The molecule has 1 saturated carbocycles. The van der Waals surface area contributed by atoms with Crippen molar-refractivity contribution in [3.05, 3.63) is 42.3 Å². The number of ether oxygens (including phenoxy) is 1. The number of aromatic nitrogens is 2. The summed E-state index contributed by atoms with van der Waals surface area (Å²) in [4.78, 5) is 4.62. The van der Waals surface area contributed by atoms with Crippen LogP contribution in [0.5, 0.6) is 5.75 Å². The van der Waals surface area contributed by atoms with E-state index in [-0.39, 0.29) is 6.04 Å². The van der Waals surface area contributed by atoms with Gasteiger partial charge in [0, 0.05) is 5.56 Å². The second-order valence-electron chi connectivity index (χ2n) is 8.42. The van der Waals surface area contributed by atoms with Crippen LogP contribution in [-0.4, -0.2) is 33.8 Å². The van der Waals surface area contributed by atoms with Gasteiger partial charge in [-0.3, -0.25) is 16.0 Å². The number of nitrogens with zero attached hydrogens (tertiary/aromatic N) is 3. The van der Waals surface area contributed by atoms with Crippen LogP contribution >= 0.6 is 0 Å². The van der Waals surface area contributed by atoms with Crippen molar-refractivity contribution in [2.45, 2.75) is 44.6 Å². The van der Waals surface area contributed by atoms with Crippen LogP contribution in [0.15, 0.2) is 40.9 Å². The van der Waals surface area contributed by atoms with Crippen molar-refractivity contribution in [3.8, 4) is 17.1 Å². The van der Waals surface area contributed by atoms with Gasteiger partial charge in [0.25, 0.3) is 5.89 Å². The Morgan fingerprint density at radius 3 is 2.67 bits per heavy atom. The minimum absolute atomic E-state index is 0.0451. The van der Waals surface area contributed by atoms with Crippen molar-refractivity contribution < 1.29 is 13.8 Å². The first-order chi connectivity index (χ1) is 14.7. The van der Waals surface area contributed by atoms with Crippen LogP contribution in [-0.2, 0) is 0 Å². The van der Waals surface area contributed by atoms with Gasteiger partial charge in [-0.15, -0.1) is 0 Å². The molecule has 2 fully saturated rings. The van der Waals surface area contributed by atoms with Crippen molar-refractivity contribution >= 4 is 16.7 Å². The normalized spacial score (nSPS) is 19.6. The predicted octanol–water partition coefficient (Wildman–Crippen LogP) is 3.58. The summed E-state index contributed by atoms with van der Waals surface area (Å²) in [5.41, 5.74) is 12.5. The summed E-state index contributed by atoms with van der Waals surface area (Å²) in [6, 6.07) is 12.4. The summed E-state index contributed by atoms with van der Waals surface area (Å²) in [5, 5.41) is 6.45. The number of hydrogen-bond donors (Lipinski definition) is 2. The number of benzene rings is 2. The standard InChI is InChI=1S/C23H27N5O2/c24-23(25)28-11-3-6-20(28)22-26-21(27-30-22)18-8-7-17-13-19(10-9-16(17)12-18)29-14-15-4-1-2-5-15/h7-10,12-13,15,20H,1-6,11,14H2,(H3,24,25)/p+1/t20-/m0/s1. The summed E-state index contributed by atoms with van der Waals surface area (Å²) in [7, 11) is 0. The molecule has 0 amide bonds. The molecule has 156 valence electrons. The zero-order valence-corrected chi connectivity index (χ0v) is 17.1. The van der Waals surface area contributed by atoms with Crippen molar-refractivity contribution in [2.75, 3.05) is 13.2 Å². The minimum Gasteiger partial charge on any atom is -0.493 e. The molecule has 2 heterocycles. The van der Waals surface area contributed by atoms with Crippen LogP contribution in [0.2, 0.25) is 0 Å². The second kappa shape index (κ2) is 7.97. The number of fused-ring (bicyclic) bond motifs is 1. The van der Waals surface area contributed by atoms with E-state index in [4.69, 9.17) is 20.7 Å². The monoisotopic (exact) mass is 406 g/mol. The smallest absolute Gasteiger partial charge is 0.341 e. The average molecular weight is 407 g/mol. The van der Waals surface area contributed by atoms with Gasteiger partial charge < -0.3 is 9.26 Å². The Bertz CT molecular complexity index is 1080. The molecule has 7 nitrogen and oxygen atoms in total. The van der Waals surface area contributed by atoms with E-state index in [9.17, 15) is 0 Å². The molecule has 0 bridgehead atoms. The van der Waals surface area contributed by atoms with Crippen LogP contribution in [0, 0.1) is 5.92 Å². The van der Waals surface area contributed by atoms with Crippen LogP contribution in [0.4, 0.5) is 0 Å². The lowest BCUT2D eigenvalue weighted by molar-refractivity contribution is -0.555. The average Bonchev–Trinajstić information content (AvgIpc) is 3.52. The van der Waals surface area contributed by atoms with Crippen molar-refractivity contribution in [2.24, 2.45) is 17.4 Å². The molecule has 3 aromatic rings. The maximum absolute atomic E-state index is 6.04. The molecule has 0 radical (unpaired) electrons. The first-order valence-corrected chi connectivity index (χ1v) is 10.8. The summed E-state index contributed by atoms with van der Waals surface area (Å²) in [5.74, 6) is 3.08. The largest absolute Gasteiger partial charge is 0.493 e. The van der Waals surface area contributed by atoms with Gasteiger partial charge in [0.1, 0.15) is 5.75 Å². The second-order valence-corrected chi connectivity index (χ2v) is 8.42. The van der Waals surface area contributed by atoms with E-state index in [1.54, 1.807) is 0 Å². The van der Waals surface area contributed by atoms with Crippen LogP contribution in [0.3, 0.4) is 0 Å². The first-order valence-electron chi connectivity index (χ1n) is 10.8. The van der Waals surface area contributed by atoms with Gasteiger partial charge in [-0.2, -0.15) is 4.98 Å². The summed E-state index contributed by atoms with van der Waals surface area (Å²) in [6.07, 6.45) is 7.16. The molecular formula is C23H28N5O2+. The Kier molecular flexibility index (Phi) is 5.02. The van der Waals surface area contributed by atoms with Crippen LogP contribution < -0.4 is 16.2 Å². The van der Waals surface area contributed by atoms with Crippen molar-refractivity contribution in [3.63, 3.8) is 0 Å². The van der Waals surface area contributed by atoms with Gasteiger partial charge in [0.05, 0.1) is 13.2 Å². The lowest BCUT2D eigenvalue weighted by Gasteiger charge is -2.12. The Labute approximate surface area is 175 Å². The van der Waals surface area contributed by atoms with Gasteiger partial charge in [-0.25, -0.2) is 0 Å². The Balaban J connectivity index is 1.34. The maximum atomic E-state index is 6.04. The third-order valence-electron chi connectivity index (χ3n) is 6.34. The molecule has 1 saturated heterocycles. The van der Waals surface area contributed by atoms with E-state index in [2.05, 4.69) is 34.4 Å². The fourth-order valence-electron chi connectivity index (χ4n) is 4.66. The van der Waals surface area contributed by atoms with E-state index in [0.717, 1.165) is 48.1 Å². The highest BCUT2D eigenvalue weighted by atomic mass is 16.5. The molecule has 2 aliphatic rings. The molecule has 30 heavy (non-hydrogen) atoms. The molecule has 0 unspecified atom stereocenters. The van der Waals surface area contributed by atoms with Crippen molar-refractivity contribution in [1.82, 2.24) is 10.1 Å².